The van der Waals surface area contributed by atoms with Crippen molar-refractivity contribution in [2.24, 2.45) is 0 Å². The van der Waals surface area contributed by atoms with Gasteiger partial charge in [-0.15, -0.1) is 59.7 Å². The quantitative estimate of drug-likeness (QED) is 0.131. The maximum atomic E-state index is 14.6. The second-order valence-electron chi connectivity index (χ2n) is 11.9. The summed E-state index contributed by atoms with van der Waals surface area (Å²) in [6, 6.07) is 35.8. The van der Waals surface area contributed by atoms with E-state index in [1.54, 1.807) is 23.6 Å². The second-order valence-corrected chi connectivity index (χ2v) is 18.0. The fourth-order valence-electron chi connectivity index (χ4n) is 5.18. The first kappa shape index (κ1) is 30.5. The zero-order valence-corrected chi connectivity index (χ0v) is 29.5. The van der Waals surface area contributed by atoms with Gasteiger partial charge >= 0.3 is 0 Å². The third kappa shape index (κ3) is 6.45. The molecule has 0 saturated carbocycles. The van der Waals surface area contributed by atoms with Gasteiger partial charge in [-0.2, -0.15) is 11.3 Å². The number of thiophene rings is 1. The van der Waals surface area contributed by atoms with Crippen LogP contribution in [-0.4, -0.2) is 18.0 Å². The Morgan fingerprint density at radius 3 is 2.27 bits per heavy atom. The zero-order valence-electron chi connectivity index (χ0n) is 26.3. The van der Waals surface area contributed by atoms with E-state index in [2.05, 4.69) is 53.9 Å². The summed E-state index contributed by atoms with van der Waals surface area (Å²) in [7, 11) is -1.23. The van der Waals surface area contributed by atoms with Crippen LogP contribution < -0.4 is 5.19 Å². The summed E-state index contributed by atoms with van der Waals surface area (Å²) < 4.78 is 24.9. The minimum atomic E-state index is -1.23. The summed E-state index contributed by atoms with van der Waals surface area (Å²) in [4.78, 5) is 9.06. The summed E-state index contributed by atoms with van der Waals surface area (Å²) in [5.41, 5.74) is 4.65. The molecule has 7 rings (SSSR count). The van der Waals surface area contributed by atoms with E-state index in [1.165, 1.54) is 5.19 Å². The van der Waals surface area contributed by atoms with Crippen molar-refractivity contribution >= 4 is 55.5 Å². The van der Waals surface area contributed by atoms with Crippen molar-refractivity contribution in [2.75, 3.05) is 0 Å². The molecule has 4 aromatic carbocycles. The smallest absolute Gasteiger partial charge is 0.132 e. The van der Waals surface area contributed by atoms with Gasteiger partial charge in [-0.05, 0) is 50.1 Å². The second kappa shape index (κ2) is 13.2. The number of halogens is 1. The fourth-order valence-corrected chi connectivity index (χ4v) is 7.47. The Labute approximate surface area is 278 Å². The summed E-state index contributed by atoms with van der Waals surface area (Å²) in [6.45, 7) is 10.7. The van der Waals surface area contributed by atoms with E-state index >= 15 is 0 Å². The van der Waals surface area contributed by atoms with Crippen molar-refractivity contribution in [3.63, 3.8) is 0 Å². The molecule has 0 fully saturated rings. The summed E-state index contributed by atoms with van der Waals surface area (Å²) in [6.07, 6.45) is 3.76. The number of benzene rings is 4. The first-order valence-electron chi connectivity index (χ1n) is 14.9. The number of hydrogen-bond donors (Lipinski definition) is 0. The van der Waals surface area contributed by atoms with Gasteiger partial charge in [-0.25, -0.2) is 4.39 Å². The Bertz CT molecular complexity index is 2100. The predicted molar refractivity (Wildman–Crippen MR) is 184 cm³/mol. The normalized spacial score (nSPS) is 12.0. The Morgan fingerprint density at radius 2 is 1.59 bits per heavy atom. The molecule has 223 valence electrons. The molecule has 0 amide bonds. The number of aromatic nitrogens is 2. The molecule has 1 radical (unpaired) electrons. The monoisotopic (exact) mass is 790 g/mol. The van der Waals surface area contributed by atoms with Crippen molar-refractivity contribution in [3.05, 3.63) is 127 Å². The molecule has 0 saturated heterocycles. The molecule has 44 heavy (non-hydrogen) atoms. The minimum Gasteiger partial charge on any atom is -0.305 e. The first-order chi connectivity index (χ1) is 21.0. The van der Waals surface area contributed by atoms with E-state index in [9.17, 15) is 4.39 Å². The fraction of sp³-hybridized carbons (Fsp3) is 0.158. The van der Waals surface area contributed by atoms with Crippen molar-refractivity contribution in [1.82, 2.24) is 9.97 Å². The van der Waals surface area contributed by atoms with Crippen LogP contribution in [0.15, 0.2) is 103 Å². The first-order valence-corrected chi connectivity index (χ1v) is 18.7. The average Bonchev–Trinajstić information content (AvgIpc) is 3.40. The van der Waals surface area contributed by atoms with E-state index in [0.717, 1.165) is 53.6 Å². The van der Waals surface area contributed by atoms with Crippen LogP contribution in [0.3, 0.4) is 0 Å². The molecule has 3 heterocycles. The molecular weight excluding hydrogens is 756 g/mol. The van der Waals surface area contributed by atoms with E-state index in [4.69, 9.17) is 1.37 Å². The van der Waals surface area contributed by atoms with Crippen molar-refractivity contribution < 1.29 is 25.9 Å². The number of nitrogens with zero attached hydrogens (tertiary/aromatic N) is 2. The number of fused-ring (bicyclic) bond motifs is 5. The van der Waals surface area contributed by atoms with Gasteiger partial charge in [0.25, 0.3) is 0 Å². The van der Waals surface area contributed by atoms with Gasteiger partial charge in [-0.3, -0.25) is 0 Å². The molecule has 0 aliphatic rings. The van der Waals surface area contributed by atoms with Crippen molar-refractivity contribution in [2.45, 2.75) is 39.4 Å². The third-order valence-corrected chi connectivity index (χ3v) is 10.8. The van der Waals surface area contributed by atoms with Gasteiger partial charge < -0.3 is 9.97 Å². The van der Waals surface area contributed by atoms with Crippen LogP contribution in [0.2, 0.25) is 19.6 Å². The van der Waals surface area contributed by atoms with Crippen LogP contribution in [0.25, 0.3) is 53.5 Å². The van der Waals surface area contributed by atoms with Gasteiger partial charge in [0.1, 0.15) is 5.82 Å². The van der Waals surface area contributed by atoms with Gasteiger partial charge in [0.15, 0.2) is 0 Å². The molecule has 0 bridgehead atoms. The van der Waals surface area contributed by atoms with Crippen LogP contribution in [0.4, 0.5) is 4.39 Å². The van der Waals surface area contributed by atoms with Crippen LogP contribution in [-0.2, 0) is 20.1 Å². The largest absolute Gasteiger partial charge is 0.305 e. The van der Waals surface area contributed by atoms with Gasteiger partial charge in [0.05, 0.1) is 8.07 Å². The van der Waals surface area contributed by atoms with Gasteiger partial charge in [-0.1, -0.05) is 86.9 Å². The Kier molecular flexibility index (Phi) is 9.15. The Balaban J connectivity index is 0.000000202. The summed E-state index contributed by atoms with van der Waals surface area (Å²) in [5, 5.41) is 5.12. The molecule has 6 heteroatoms. The SMILES string of the molecule is C[Si](C)(C)c1ccc(-c2[c-]cccc2)nc1.[2H]C(C)(C)c1ccnc(-c2[c-]ccc3c2sc2cc(F)c4ccccc4c23)c1.[Ir]. The van der Waals surface area contributed by atoms with Crippen LogP contribution in [0, 0.1) is 17.9 Å². The summed E-state index contributed by atoms with van der Waals surface area (Å²) >= 11 is 1.57. The van der Waals surface area contributed by atoms with Crippen LogP contribution in [0.5, 0.6) is 0 Å². The average molecular weight is 790 g/mol. The molecule has 0 aliphatic carbocycles. The molecule has 3 aromatic heterocycles. The predicted octanol–water partition coefficient (Wildman–Crippen LogP) is 10.4. The van der Waals surface area contributed by atoms with E-state index < -0.39 is 14.0 Å². The van der Waals surface area contributed by atoms with E-state index in [0.29, 0.717) is 5.39 Å². The number of hydrogen-bond acceptors (Lipinski definition) is 3. The van der Waals surface area contributed by atoms with E-state index in [1.807, 2.05) is 92.8 Å². The maximum absolute atomic E-state index is 14.6. The molecule has 0 aliphatic heterocycles. The molecular formula is C38H33FIrN2SSi-2. The third-order valence-electron chi connectivity index (χ3n) is 7.60. The molecule has 0 spiro atoms. The Hall–Kier alpha value is -3.54. The summed E-state index contributed by atoms with van der Waals surface area (Å²) in [5.74, 6) is -0.901. The van der Waals surface area contributed by atoms with Crippen molar-refractivity contribution in [3.8, 4) is 22.5 Å². The topological polar surface area (TPSA) is 25.8 Å². The van der Waals surface area contributed by atoms with E-state index in [-0.39, 0.29) is 25.9 Å². The van der Waals surface area contributed by atoms with Crippen LogP contribution in [0.1, 0.15) is 26.7 Å². The molecule has 7 aromatic rings. The zero-order chi connectivity index (χ0) is 31.1. The van der Waals surface area contributed by atoms with Crippen molar-refractivity contribution in [1.29, 1.82) is 0 Å². The Morgan fingerprint density at radius 1 is 0.818 bits per heavy atom. The number of pyridine rings is 2. The van der Waals surface area contributed by atoms with Gasteiger partial charge in [0.2, 0.25) is 0 Å². The number of rotatable bonds is 4. The molecule has 0 atom stereocenters. The molecule has 2 nitrogen and oxygen atoms in total. The molecule has 0 unspecified atom stereocenters. The van der Waals surface area contributed by atoms with Gasteiger partial charge in [0, 0.05) is 44.0 Å². The standard InChI is InChI=1S/C24H17FNS.C14H16NSi.Ir/c1-14(2)15-10-11-26-21(12-15)18-8-5-9-19-23-17-7-4-3-6-16(17)20(25)13-22(23)27-24(18)19;1-16(2,3)13-9-10-14(15-11-13)12-7-5-4-6-8-12;/h3-7,9-14H,1-2H3;4-7,9-11H,1-3H3;/q2*-1;/i14D;;. The maximum Gasteiger partial charge on any atom is 0.132 e. The van der Waals surface area contributed by atoms with Crippen LogP contribution >= 0.6 is 11.3 Å². The molecule has 0 N–H and O–H groups in total. The minimum absolute atomic E-state index is 0.